The Morgan fingerprint density at radius 1 is 0.607 bits per heavy atom. The van der Waals surface area contributed by atoms with Crippen molar-refractivity contribution >= 4 is 23.6 Å². The SMILES string of the molecule is C(=C1\CCC/C(=C\c2ccccc2)C1=NNc1ccccc1)/c1ccccc1. The van der Waals surface area contributed by atoms with Crippen LogP contribution >= 0.6 is 0 Å². The lowest BCUT2D eigenvalue weighted by Crippen LogP contribution is -2.15. The molecule has 1 fully saturated rings. The van der Waals surface area contributed by atoms with Crippen molar-refractivity contribution in [3.8, 4) is 0 Å². The van der Waals surface area contributed by atoms with Crippen molar-refractivity contribution in [2.75, 3.05) is 5.43 Å². The summed E-state index contributed by atoms with van der Waals surface area (Å²) in [4.78, 5) is 0. The number of benzene rings is 3. The number of allylic oxidation sites excluding steroid dienone is 2. The summed E-state index contributed by atoms with van der Waals surface area (Å²) in [7, 11) is 0. The van der Waals surface area contributed by atoms with Crippen molar-refractivity contribution in [2.45, 2.75) is 19.3 Å². The van der Waals surface area contributed by atoms with Gasteiger partial charge in [-0.25, -0.2) is 0 Å². The van der Waals surface area contributed by atoms with E-state index in [-0.39, 0.29) is 0 Å². The van der Waals surface area contributed by atoms with Crippen LogP contribution in [0.4, 0.5) is 5.69 Å². The van der Waals surface area contributed by atoms with E-state index in [0.717, 1.165) is 30.7 Å². The highest BCUT2D eigenvalue weighted by molar-refractivity contribution is 6.17. The van der Waals surface area contributed by atoms with Crippen molar-refractivity contribution in [1.82, 2.24) is 0 Å². The average Bonchev–Trinajstić information content (AvgIpc) is 2.75. The Balaban J connectivity index is 1.72. The van der Waals surface area contributed by atoms with Gasteiger partial charge >= 0.3 is 0 Å². The summed E-state index contributed by atoms with van der Waals surface area (Å²) >= 11 is 0. The van der Waals surface area contributed by atoms with Crippen LogP contribution in [-0.4, -0.2) is 5.71 Å². The Bertz CT molecular complexity index is 925. The van der Waals surface area contributed by atoms with E-state index in [0.29, 0.717) is 0 Å². The van der Waals surface area contributed by atoms with Gasteiger partial charge in [0.1, 0.15) is 0 Å². The summed E-state index contributed by atoms with van der Waals surface area (Å²) in [6.45, 7) is 0. The van der Waals surface area contributed by atoms with Gasteiger partial charge in [-0.3, -0.25) is 5.43 Å². The minimum atomic E-state index is 0.999. The van der Waals surface area contributed by atoms with Crippen molar-refractivity contribution in [1.29, 1.82) is 0 Å². The van der Waals surface area contributed by atoms with E-state index in [1.165, 1.54) is 22.3 Å². The lowest BCUT2D eigenvalue weighted by atomic mass is 9.86. The molecule has 0 amide bonds. The van der Waals surface area contributed by atoms with Crippen LogP contribution in [0.1, 0.15) is 30.4 Å². The third kappa shape index (κ3) is 4.66. The number of hydrazone groups is 1. The van der Waals surface area contributed by atoms with Gasteiger partial charge in [-0.05, 0) is 65.8 Å². The number of rotatable bonds is 4. The van der Waals surface area contributed by atoms with E-state index in [2.05, 4.69) is 78.2 Å². The van der Waals surface area contributed by atoms with Gasteiger partial charge in [0.2, 0.25) is 0 Å². The van der Waals surface area contributed by atoms with Crippen molar-refractivity contribution in [2.24, 2.45) is 5.10 Å². The van der Waals surface area contributed by atoms with E-state index in [4.69, 9.17) is 5.10 Å². The monoisotopic (exact) mass is 364 g/mol. The van der Waals surface area contributed by atoms with Crippen LogP contribution in [0.25, 0.3) is 12.2 Å². The number of para-hydroxylation sites is 1. The van der Waals surface area contributed by atoms with Gasteiger partial charge in [0.25, 0.3) is 0 Å². The Labute approximate surface area is 166 Å². The molecule has 0 spiro atoms. The van der Waals surface area contributed by atoms with Crippen LogP contribution in [-0.2, 0) is 0 Å². The minimum Gasteiger partial charge on any atom is -0.278 e. The summed E-state index contributed by atoms with van der Waals surface area (Å²) < 4.78 is 0. The molecule has 3 aromatic rings. The lowest BCUT2D eigenvalue weighted by Gasteiger charge is -2.21. The molecule has 0 aliphatic heterocycles. The standard InChI is InChI=1S/C26H24N2/c1-4-11-21(12-5-1)19-23-15-10-16-24(20-22-13-6-2-7-14-22)26(23)28-27-25-17-8-3-9-18-25/h1-9,11-14,17-20,27H,10,15-16H2/b23-19-,24-20+,28-26?. The van der Waals surface area contributed by atoms with Gasteiger partial charge < -0.3 is 0 Å². The molecule has 2 heteroatoms. The molecule has 3 aromatic carbocycles. The number of hydrogen-bond acceptors (Lipinski definition) is 2. The number of anilines is 1. The molecule has 1 aliphatic rings. The van der Waals surface area contributed by atoms with Crippen molar-refractivity contribution < 1.29 is 0 Å². The topological polar surface area (TPSA) is 24.4 Å². The molecule has 0 saturated heterocycles. The summed E-state index contributed by atoms with van der Waals surface area (Å²) in [6, 6.07) is 31.1. The minimum absolute atomic E-state index is 0.999. The molecule has 0 atom stereocenters. The van der Waals surface area contributed by atoms with E-state index in [1.54, 1.807) is 0 Å². The number of hydrogen-bond donors (Lipinski definition) is 1. The predicted octanol–water partition coefficient (Wildman–Crippen LogP) is 6.81. The normalized spacial score (nSPS) is 18.5. The molecule has 0 aromatic heterocycles. The number of nitrogens with one attached hydrogen (secondary N) is 1. The zero-order valence-electron chi connectivity index (χ0n) is 15.9. The molecule has 1 aliphatic carbocycles. The highest BCUT2D eigenvalue weighted by Crippen LogP contribution is 2.29. The second-order valence-corrected chi connectivity index (χ2v) is 6.95. The molecule has 1 N–H and O–H groups in total. The fourth-order valence-electron chi connectivity index (χ4n) is 3.47. The maximum absolute atomic E-state index is 4.84. The second kappa shape index (κ2) is 9.01. The average molecular weight is 364 g/mol. The first kappa shape index (κ1) is 18.0. The van der Waals surface area contributed by atoms with Crippen LogP contribution in [0.15, 0.2) is 107 Å². The maximum Gasteiger partial charge on any atom is 0.0897 e. The smallest absolute Gasteiger partial charge is 0.0897 e. The summed E-state index contributed by atoms with van der Waals surface area (Å²) in [6.07, 6.45) is 7.75. The predicted molar refractivity (Wildman–Crippen MR) is 120 cm³/mol. The van der Waals surface area contributed by atoms with Crippen molar-refractivity contribution in [3.05, 3.63) is 113 Å². The van der Waals surface area contributed by atoms with Gasteiger partial charge in [0, 0.05) is 0 Å². The van der Waals surface area contributed by atoms with Crippen LogP contribution < -0.4 is 5.43 Å². The number of nitrogens with zero attached hydrogens (tertiary/aromatic N) is 1. The van der Waals surface area contributed by atoms with Gasteiger partial charge in [0.05, 0.1) is 11.4 Å². The van der Waals surface area contributed by atoms with Crippen LogP contribution in [0.2, 0.25) is 0 Å². The fraction of sp³-hybridized carbons (Fsp3) is 0.115. The van der Waals surface area contributed by atoms with E-state index >= 15 is 0 Å². The molecule has 0 bridgehead atoms. The molecular weight excluding hydrogens is 340 g/mol. The van der Waals surface area contributed by atoms with Gasteiger partial charge in [-0.1, -0.05) is 78.9 Å². The van der Waals surface area contributed by atoms with E-state index in [9.17, 15) is 0 Å². The molecule has 4 rings (SSSR count). The molecule has 0 radical (unpaired) electrons. The molecule has 0 unspecified atom stereocenters. The molecule has 0 heterocycles. The largest absolute Gasteiger partial charge is 0.278 e. The van der Waals surface area contributed by atoms with E-state index in [1.807, 2.05) is 30.3 Å². The fourth-order valence-corrected chi connectivity index (χ4v) is 3.47. The summed E-state index contributed by atoms with van der Waals surface area (Å²) in [5.74, 6) is 0. The Morgan fingerprint density at radius 2 is 1.07 bits per heavy atom. The van der Waals surface area contributed by atoms with Gasteiger partial charge in [-0.15, -0.1) is 0 Å². The van der Waals surface area contributed by atoms with Crippen LogP contribution in [0.5, 0.6) is 0 Å². The Hall–Kier alpha value is -3.39. The third-order valence-electron chi connectivity index (χ3n) is 4.85. The maximum atomic E-state index is 4.84. The molecule has 1 saturated carbocycles. The Morgan fingerprint density at radius 3 is 1.57 bits per heavy atom. The highest BCUT2D eigenvalue weighted by Gasteiger charge is 2.19. The van der Waals surface area contributed by atoms with Crippen LogP contribution in [0.3, 0.4) is 0 Å². The quantitative estimate of drug-likeness (QED) is 0.505. The molecular formula is C26H24N2. The molecule has 2 nitrogen and oxygen atoms in total. The summed E-state index contributed by atoms with van der Waals surface area (Å²) in [5, 5.41) is 4.84. The van der Waals surface area contributed by atoms with Crippen molar-refractivity contribution in [3.63, 3.8) is 0 Å². The molecule has 138 valence electrons. The first-order chi connectivity index (χ1) is 13.9. The van der Waals surface area contributed by atoms with Crippen LogP contribution in [0, 0.1) is 0 Å². The molecule has 28 heavy (non-hydrogen) atoms. The Kier molecular flexibility index (Phi) is 5.79. The van der Waals surface area contributed by atoms with Gasteiger partial charge in [-0.2, -0.15) is 5.10 Å². The summed E-state index contributed by atoms with van der Waals surface area (Å²) in [5.41, 5.74) is 10.3. The third-order valence-corrected chi connectivity index (χ3v) is 4.85. The first-order valence-corrected chi connectivity index (χ1v) is 9.79. The van der Waals surface area contributed by atoms with E-state index < -0.39 is 0 Å². The first-order valence-electron chi connectivity index (χ1n) is 9.79. The lowest BCUT2D eigenvalue weighted by molar-refractivity contribution is 0.817. The van der Waals surface area contributed by atoms with Gasteiger partial charge in [0.15, 0.2) is 0 Å². The highest BCUT2D eigenvalue weighted by atomic mass is 15.3. The zero-order valence-corrected chi connectivity index (χ0v) is 15.9. The zero-order chi connectivity index (χ0) is 19.0. The second-order valence-electron chi connectivity index (χ2n) is 6.95.